The van der Waals surface area contributed by atoms with Crippen LogP contribution in [0, 0.1) is 0 Å². The molecule has 0 aliphatic carbocycles. The number of fused-ring (bicyclic) bond motifs is 2. The van der Waals surface area contributed by atoms with Crippen molar-refractivity contribution in [3.8, 4) is 5.75 Å². The summed E-state index contributed by atoms with van der Waals surface area (Å²) in [4.78, 5) is 9.83. The van der Waals surface area contributed by atoms with Gasteiger partial charge in [-0.15, -0.1) is 22.7 Å². The SMILES string of the molecule is CCCCOc1ccc(C=C(c2nc3ccccc3s2)c2nc3ccccc3s2)cc1. The summed E-state index contributed by atoms with van der Waals surface area (Å²) in [5, 5.41) is 1.98. The Labute approximate surface area is 189 Å². The number of aromatic nitrogens is 2. The molecule has 0 saturated heterocycles. The fourth-order valence-electron chi connectivity index (χ4n) is 3.35. The van der Waals surface area contributed by atoms with Gasteiger partial charge in [0, 0.05) is 5.57 Å². The van der Waals surface area contributed by atoms with Crippen LogP contribution in [0.4, 0.5) is 0 Å². The number of hydrogen-bond donors (Lipinski definition) is 0. The fourth-order valence-corrected chi connectivity index (χ4v) is 5.38. The van der Waals surface area contributed by atoms with Crippen molar-refractivity contribution in [2.24, 2.45) is 0 Å². The molecular formula is C26H22N2OS2. The monoisotopic (exact) mass is 442 g/mol. The van der Waals surface area contributed by atoms with Gasteiger partial charge in [-0.2, -0.15) is 0 Å². The molecule has 2 heterocycles. The summed E-state index contributed by atoms with van der Waals surface area (Å²) in [5.74, 6) is 0.909. The molecule has 0 bridgehead atoms. The number of hydrogen-bond acceptors (Lipinski definition) is 5. The first kappa shape index (κ1) is 19.9. The van der Waals surface area contributed by atoms with Crippen molar-refractivity contribution in [3.63, 3.8) is 0 Å². The van der Waals surface area contributed by atoms with E-state index in [4.69, 9.17) is 14.7 Å². The van der Waals surface area contributed by atoms with Gasteiger partial charge < -0.3 is 4.74 Å². The van der Waals surface area contributed by atoms with Crippen molar-refractivity contribution < 1.29 is 4.74 Å². The van der Waals surface area contributed by atoms with Gasteiger partial charge in [0.05, 0.1) is 27.0 Å². The lowest BCUT2D eigenvalue weighted by Gasteiger charge is -2.06. The lowest BCUT2D eigenvalue weighted by atomic mass is 10.1. The maximum atomic E-state index is 5.81. The molecule has 0 spiro atoms. The predicted octanol–water partition coefficient (Wildman–Crippen LogP) is 7.67. The maximum Gasteiger partial charge on any atom is 0.127 e. The van der Waals surface area contributed by atoms with Gasteiger partial charge in [0.2, 0.25) is 0 Å². The van der Waals surface area contributed by atoms with E-state index in [-0.39, 0.29) is 0 Å². The molecule has 0 aliphatic rings. The zero-order chi connectivity index (χ0) is 21.0. The van der Waals surface area contributed by atoms with Crippen LogP contribution in [0.25, 0.3) is 32.1 Å². The van der Waals surface area contributed by atoms with E-state index in [0.717, 1.165) is 57.4 Å². The molecular weight excluding hydrogens is 420 g/mol. The van der Waals surface area contributed by atoms with Crippen LogP contribution in [-0.4, -0.2) is 16.6 Å². The second kappa shape index (κ2) is 9.00. The molecule has 3 aromatic carbocycles. The quantitative estimate of drug-likeness (QED) is 0.243. The normalized spacial score (nSPS) is 11.1. The van der Waals surface area contributed by atoms with Crippen molar-refractivity contribution in [2.75, 3.05) is 6.61 Å². The van der Waals surface area contributed by atoms with Gasteiger partial charge in [-0.3, -0.25) is 0 Å². The topological polar surface area (TPSA) is 35.0 Å². The number of thiazole rings is 2. The van der Waals surface area contributed by atoms with Crippen LogP contribution in [0.15, 0.2) is 72.8 Å². The minimum absolute atomic E-state index is 0.758. The minimum Gasteiger partial charge on any atom is -0.494 e. The van der Waals surface area contributed by atoms with Crippen molar-refractivity contribution in [3.05, 3.63) is 88.4 Å². The third-order valence-corrected chi connectivity index (χ3v) is 7.15. The summed E-state index contributed by atoms with van der Waals surface area (Å²) in [6.07, 6.45) is 4.39. The van der Waals surface area contributed by atoms with Gasteiger partial charge in [0.15, 0.2) is 0 Å². The van der Waals surface area contributed by atoms with E-state index in [9.17, 15) is 0 Å². The molecule has 0 N–H and O–H groups in total. The first-order chi connectivity index (χ1) is 15.3. The molecule has 0 radical (unpaired) electrons. The molecule has 5 aromatic rings. The highest BCUT2D eigenvalue weighted by molar-refractivity contribution is 7.22. The standard InChI is InChI=1S/C26H22N2OS2/c1-2-3-16-29-19-14-12-18(13-15-19)17-20(25-27-21-8-4-6-10-23(21)30-25)26-28-22-9-5-7-11-24(22)31-26/h4-15,17H,2-3,16H2,1H3. The Morgan fingerprint density at radius 3 is 1.94 bits per heavy atom. The first-order valence-corrected chi connectivity index (χ1v) is 12.1. The van der Waals surface area contributed by atoms with Crippen molar-refractivity contribution in [2.45, 2.75) is 19.8 Å². The summed E-state index contributed by atoms with van der Waals surface area (Å²) in [6.45, 7) is 2.93. The number of rotatable bonds is 7. The Morgan fingerprint density at radius 2 is 1.39 bits per heavy atom. The van der Waals surface area contributed by atoms with Crippen LogP contribution in [0.2, 0.25) is 0 Å². The zero-order valence-corrected chi connectivity index (χ0v) is 18.9. The van der Waals surface area contributed by atoms with Gasteiger partial charge >= 0.3 is 0 Å². The van der Waals surface area contributed by atoms with Gasteiger partial charge in [-0.1, -0.05) is 49.7 Å². The third-order valence-electron chi connectivity index (χ3n) is 5.01. The molecule has 0 saturated carbocycles. The molecule has 3 nitrogen and oxygen atoms in total. The Morgan fingerprint density at radius 1 is 0.806 bits per heavy atom. The number of ether oxygens (including phenoxy) is 1. The molecule has 0 atom stereocenters. The smallest absolute Gasteiger partial charge is 0.127 e. The molecule has 0 unspecified atom stereocenters. The second-order valence-corrected chi connectivity index (χ2v) is 9.36. The Hall–Kier alpha value is -3.02. The maximum absolute atomic E-state index is 5.81. The van der Waals surface area contributed by atoms with E-state index in [1.54, 1.807) is 22.7 Å². The summed E-state index contributed by atoms with van der Waals surface area (Å²) in [7, 11) is 0. The summed E-state index contributed by atoms with van der Waals surface area (Å²) in [6, 6.07) is 24.8. The first-order valence-electron chi connectivity index (χ1n) is 10.5. The van der Waals surface area contributed by atoms with Crippen LogP contribution in [0.3, 0.4) is 0 Å². The van der Waals surface area contributed by atoms with E-state index in [2.05, 4.69) is 61.5 Å². The highest BCUT2D eigenvalue weighted by Crippen LogP contribution is 2.36. The Bertz CT molecular complexity index is 1210. The number of unbranched alkanes of at least 4 members (excludes halogenated alkanes) is 1. The van der Waals surface area contributed by atoms with Crippen LogP contribution in [-0.2, 0) is 0 Å². The molecule has 5 rings (SSSR count). The lowest BCUT2D eigenvalue weighted by molar-refractivity contribution is 0.309. The molecule has 2 aromatic heterocycles. The molecule has 154 valence electrons. The molecule has 0 aliphatic heterocycles. The number of para-hydroxylation sites is 2. The largest absolute Gasteiger partial charge is 0.494 e. The van der Waals surface area contributed by atoms with Crippen molar-refractivity contribution >= 4 is 54.8 Å². The van der Waals surface area contributed by atoms with Gasteiger partial charge in [-0.05, 0) is 54.5 Å². The van der Waals surface area contributed by atoms with Crippen LogP contribution < -0.4 is 4.74 Å². The highest BCUT2D eigenvalue weighted by Gasteiger charge is 2.15. The lowest BCUT2D eigenvalue weighted by Crippen LogP contribution is -1.96. The van der Waals surface area contributed by atoms with E-state index >= 15 is 0 Å². The number of benzene rings is 3. The third kappa shape index (κ3) is 4.38. The van der Waals surface area contributed by atoms with E-state index in [1.807, 2.05) is 24.3 Å². The Kier molecular flexibility index (Phi) is 5.78. The average molecular weight is 443 g/mol. The second-order valence-electron chi connectivity index (χ2n) is 7.30. The van der Waals surface area contributed by atoms with Crippen molar-refractivity contribution in [1.29, 1.82) is 0 Å². The van der Waals surface area contributed by atoms with Crippen LogP contribution >= 0.6 is 22.7 Å². The van der Waals surface area contributed by atoms with Crippen LogP contribution in [0.5, 0.6) is 5.75 Å². The molecule has 5 heteroatoms. The van der Waals surface area contributed by atoms with Gasteiger partial charge in [0.1, 0.15) is 15.8 Å². The molecule has 31 heavy (non-hydrogen) atoms. The highest BCUT2D eigenvalue weighted by atomic mass is 32.1. The number of nitrogens with zero attached hydrogens (tertiary/aromatic N) is 2. The average Bonchev–Trinajstić information content (AvgIpc) is 3.42. The Balaban J connectivity index is 1.56. The van der Waals surface area contributed by atoms with E-state index < -0.39 is 0 Å². The van der Waals surface area contributed by atoms with Gasteiger partial charge in [0.25, 0.3) is 0 Å². The summed E-state index contributed by atoms with van der Waals surface area (Å²) < 4.78 is 8.18. The fraction of sp³-hybridized carbons (Fsp3) is 0.154. The summed E-state index contributed by atoms with van der Waals surface area (Å²) >= 11 is 3.42. The van der Waals surface area contributed by atoms with Crippen molar-refractivity contribution in [1.82, 2.24) is 9.97 Å². The van der Waals surface area contributed by atoms with E-state index in [1.165, 1.54) is 9.40 Å². The predicted molar refractivity (Wildman–Crippen MR) is 133 cm³/mol. The molecule has 0 amide bonds. The summed E-state index contributed by atoms with van der Waals surface area (Å²) in [5.41, 5.74) is 4.21. The minimum atomic E-state index is 0.758. The zero-order valence-electron chi connectivity index (χ0n) is 17.2. The van der Waals surface area contributed by atoms with E-state index in [0.29, 0.717) is 0 Å². The molecule has 0 fully saturated rings. The van der Waals surface area contributed by atoms with Gasteiger partial charge in [-0.25, -0.2) is 9.97 Å². The van der Waals surface area contributed by atoms with Crippen LogP contribution in [0.1, 0.15) is 35.3 Å².